The van der Waals surface area contributed by atoms with E-state index in [1.807, 2.05) is 25.1 Å². The molecule has 2 aromatic carbocycles. The Labute approximate surface area is 122 Å². The van der Waals surface area contributed by atoms with E-state index in [4.69, 9.17) is 5.11 Å². The van der Waals surface area contributed by atoms with E-state index in [9.17, 15) is 9.59 Å². The van der Waals surface area contributed by atoms with Crippen molar-refractivity contribution in [2.24, 2.45) is 0 Å². The van der Waals surface area contributed by atoms with E-state index in [1.54, 1.807) is 25.1 Å². The van der Waals surface area contributed by atoms with Crippen molar-refractivity contribution in [2.75, 3.05) is 10.6 Å². The van der Waals surface area contributed by atoms with Crippen LogP contribution in [0.1, 0.15) is 21.5 Å². The summed E-state index contributed by atoms with van der Waals surface area (Å²) in [6.07, 6.45) is 0. The van der Waals surface area contributed by atoms with Crippen LogP contribution in [0.3, 0.4) is 0 Å². The molecule has 0 aliphatic rings. The maximum Gasteiger partial charge on any atom is 0.336 e. The Balaban J connectivity index is 2.16. The van der Waals surface area contributed by atoms with E-state index in [1.165, 1.54) is 6.07 Å². The summed E-state index contributed by atoms with van der Waals surface area (Å²) in [6, 6.07) is 11.8. The molecule has 0 saturated carbocycles. The molecule has 5 nitrogen and oxygen atoms in total. The summed E-state index contributed by atoms with van der Waals surface area (Å²) < 4.78 is 0. The zero-order valence-corrected chi connectivity index (χ0v) is 11.8. The highest BCUT2D eigenvalue weighted by molar-refractivity contribution is 6.01. The number of benzene rings is 2. The maximum atomic E-state index is 11.9. The smallest absolute Gasteiger partial charge is 0.336 e. The molecule has 0 bridgehead atoms. The first kappa shape index (κ1) is 14.6. The molecular weight excluding hydrogens is 268 g/mol. The van der Waals surface area contributed by atoms with Crippen molar-refractivity contribution in [3.05, 3.63) is 59.2 Å². The molecule has 0 aliphatic carbocycles. The summed E-state index contributed by atoms with van der Waals surface area (Å²) in [5.41, 5.74) is 2.80. The molecule has 0 radical (unpaired) electrons. The van der Waals surface area contributed by atoms with E-state index < -0.39 is 12.0 Å². The van der Waals surface area contributed by atoms with Gasteiger partial charge >= 0.3 is 12.0 Å². The van der Waals surface area contributed by atoms with Crippen molar-refractivity contribution < 1.29 is 14.7 Å². The fraction of sp³-hybridized carbons (Fsp3) is 0.125. The SMILES string of the molecule is Cc1cc(NC(=O)Nc2ccccc2)cc(C(=O)O)c1C. The number of aromatic carboxylic acids is 1. The fourth-order valence-electron chi connectivity index (χ4n) is 1.97. The second-order valence-corrected chi connectivity index (χ2v) is 4.72. The molecule has 0 heterocycles. The maximum absolute atomic E-state index is 11.9. The minimum atomic E-state index is -1.01. The standard InChI is InChI=1S/C16H16N2O3/c1-10-8-13(9-14(11(10)2)15(19)20)18-16(21)17-12-6-4-3-5-7-12/h3-9H,1-2H3,(H,19,20)(H2,17,18,21). The first-order chi connectivity index (χ1) is 9.97. The van der Waals surface area contributed by atoms with Crippen molar-refractivity contribution in [3.8, 4) is 0 Å². The molecule has 2 rings (SSSR count). The minimum absolute atomic E-state index is 0.185. The molecule has 5 heteroatoms. The van der Waals surface area contributed by atoms with Crippen LogP contribution in [-0.2, 0) is 0 Å². The molecule has 0 aromatic heterocycles. The van der Waals surface area contributed by atoms with Crippen LogP contribution in [0, 0.1) is 13.8 Å². The second kappa shape index (κ2) is 6.09. The number of aryl methyl sites for hydroxylation is 1. The topological polar surface area (TPSA) is 78.4 Å². The van der Waals surface area contributed by atoms with E-state index in [-0.39, 0.29) is 5.56 Å². The third kappa shape index (κ3) is 3.60. The number of amides is 2. The number of nitrogens with one attached hydrogen (secondary N) is 2. The normalized spacial score (nSPS) is 10.0. The van der Waals surface area contributed by atoms with Gasteiger partial charge in [-0.2, -0.15) is 0 Å². The van der Waals surface area contributed by atoms with Gasteiger partial charge in [-0.25, -0.2) is 9.59 Å². The monoisotopic (exact) mass is 284 g/mol. The Hall–Kier alpha value is -2.82. The first-order valence-electron chi connectivity index (χ1n) is 6.45. The zero-order chi connectivity index (χ0) is 15.4. The molecule has 21 heavy (non-hydrogen) atoms. The van der Waals surface area contributed by atoms with Crippen LogP contribution in [-0.4, -0.2) is 17.1 Å². The third-order valence-corrected chi connectivity index (χ3v) is 3.19. The zero-order valence-electron chi connectivity index (χ0n) is 11.8. The van der Waals surface area contributed by atoms with Gasteiger partial charge in [0.25, 0.3) is 0 Å². The molecule has 108 valence electrons. The first-order valence-corrected chi connectivity index (χ1v) is 6.45. The van der Waals surface area contributed by atoms with Crippen LogP contribution >= 0.6 is 0 Å². The van der Waals surface area contributed by atoms with Crippen molar-refractivity contribution in [3.63, 3.8) is 0 Å². The van der Waals surface area contributed by atoms with Crippen molar-refractivity contribution in [1.82, 2.24) is 0 Å². The summed E-state index contributed by atoms with van der Waals surface area (Å²) in [7, 11) is 0. The fourth-order valence-corrected chi connectivity index (χ4v) is 1.97. The lowest BCUT2D eigenvalue weighted by molar-refractivity contribution is 0.0696. The minimum Gasteiger partial charge on any atom is -0.478 e. The van der Waals surface area contributed by atoms with Crippen LogP contribution in [0.25, 0.3) is 0 Å². The number of rotatable bonds is 3. The lowest BCUT2D eigenvalue weighted by Crippen LogP contribution is -2.19. The van der Waals surface area contributed by atoms with Gasteiger partial charge in [0.1, 0.15) is 0 Å². The van der Waals surface area contributed by atoms with Crippen LogP contribution < -0.4 is 10.6 Å². The number of carbonyl (C=O) groups excluding carboxylic acids is 1. The Morgan fingerprint density at radius 3 is 2.19 bits per heavy atom. The van der Waals surface area contributed by atoms with Gasteiger partial charge in [0.15, 0.2) is 0 Å². The summed E-state index contributed by atoms with van der Waals surface area (Å²) in [5, 5.41) is 14.5. The van der Waals surface area contributed by atoms with Crippen LogP contribution in [0.15, 0.2) is 42.5 Å². The van der Waals surface area contributed by atoms with Gasteiger partial charge in [-0.1, -0.05) is 18.2 Å². The number of carboxylic acid groups (broad SMARTS) is 1. The summed E-state index contributed by atoms with van der Waals surface area (Å²) in [5.74, 6) is -1.01. The predicted molar refractivity (Wildman–Crippen MR) is 82.0 cm³/mol. The van der Waals surface area contributed by atoms with Crippen LogP contribution in [0.5, 0.6) is 0 Å². The average Bonchev–Trinajstić information content (AvgIpc) is 2.43. The highest BCUT2D eigenvalue weighted by atomic mass is 16.4. The third-order valence-electron chi connectivity index (χ3n) is 3.19. The van der Waals surface area contributed by atoms with Crippen LogP contribution in [0.4, 0.5) is 16.2 Å². The number of hydrogen-bond donors (Lipinski definition) is 3. The summed E-state index contributed by atoms with van der Waals surface area (Å²) in [4.78, 5) is 23.1. The second-order valence-electron chi connectivity index (χ2n) is 4.72. The predicted octanol–water partition coefficient (Wildman–Crippen LogP) is 3.65. The van der Waals surface area contributed by atoms with E-state index >= 15 is 0 Å². The number of para-hydroxylation sites is 1. The Bertz CT molecular complexity index is 681. The van der Waals surface area contributed by atoms with Crippen LogP contribution in [0.2, 0.25) is 0 Å². The molecule has 0 fully saturated rings. The molecule has 0 atom stereocenters. The summed E-state index contributed by atoms with van der Waals surface area (Å²) >= 11 is 0. The Kier molecular flexibility index (Phi) is 4.23. The lowest BCUT2D eigenvalue weighted by atomic mass is 10.0. The van der Waals surface area contributed by atoms with Gasteiger partial charge in [-0.15, -0.1) is 0 Å². The van der Waals surface area contributed by atoms with Gasteiger partial charge in [0.05, 0.1) is 5.56 Å². The highest BCUT2D eigenvalue weighted by Gasteiger charge is 2.12. The lowest BCUT2D eigenvalue weighted by Gasteiger charge is -2.11. The molecule has 2 aromatic rings. The molecule has 0 saturated heterocycles. The molecule has 0 aliphatic heterocycles. The number of carbonyl (C=O) groups is 2. The summed E-state index contributed by atoms with van der Waals surface area (Å²) in [6.45, 7) is 3.55. The number of carboxylic acids is 1. The average molecular weight is 284 g/mol. The van der Waals surface area contributed by atoms with Gasteiger partial charge in [0.2, 0.25) is 0 Å². The van der Waals surface area contributed by atoms with Crippen molar-refractivity contribution in [1.29, 1.82) is 0 Å². The van der Waals surface area contributed by atoms with E-state index in [2.05, 4.69) is 10.6 Å². The van der Waals surface area contributed by atoms with Gasteiger partial charge < -0.3 is 15.7 Å². The van der Waals surface area contributed by atoms with Gasteiger partial charge in [-0.05, 0) is 49.2 Å². The molecule has 0 spiro atoms. The van der Waals surface area contributed by atoms with Crippen molar-refractivity contribution in [2.45, 2.75) is 13.8 Å². The molecule has 2 amide bonds. The number of anilines is 2. The molecule has 0 unspecified atom stereocenters. The molecule has 3 N–H and O–H groups in total. The van der Waals surface area contributed by atoms with E-state index in [0.717, 1.165) is 5.56 Å². The van der Waals surface area contributed by atoms with Gasteiger partial charge in [0, 0.05) is 11.4 Å². The largest absolute Gasteiger partial charge is 0.478 e. The van der Waals surface area contributed by atoms with E-state index in [0.29, 0.717) is 16.9 Å². The number of hydrogen-bond acceptors (Lipinski definition) is 2. The Morgan fingerprint density at radius 2 is 1.57 bits per heavy atom. The molecular formula is C16H16N2O3. The quantitative estimate of drug-likeness (QED) is 0.805. The van der Waals surface area contributed by atoms with Gasteiger partial charge in [-0.3, -0.25) is 0 Å². The van der Waals surface area contributed by atoms with Crippen molar-refractivity contribution >= 4 is 23.4 Å². The number of urea groups is 1. The highest BCUT2D eigenvalue weighted by Crippen LogP contribution is 2.20. The Morgan fingerprint density at radius 1 is 0.952 bits per heavy atom.